The number of amides is 2. The summed E-state index contributed by atoms with van der Waals surface area (Å²) in [5.41, 5.74) is 0.721. The standard InChI is InChI=1S/C13H16N2O3S/c1-8(16)7-14-11(17)13(2)12(18)15-9-5-3-4-6-10(9)19-13/h3-6,8,16H,7H2,1-2H3,(H,14,17)(H,15,18). The van der Waals surface area contributed by atoms with Gasteiger partial charge in [0.2, 0.25) is 11.8 Å². The van der Waals surface area contributed by atoms with Crippen molar-refractivity contribution in [2.24, 2.45) is 0 Å². The number of anilines is 1. The smallest absolute Gasteiger partial charge is 0.250 e. The number of fused-ring (bicyclic) bond motifs is 1. The highest BCUT2D eigenvalue weighted by molar-refractivity contribution is 8.02. The molecule has 0 saturated carbocycles. The molecule has 3 N–H and O–H groups in total. The van der Waals surface area contributed by atoms with E-state index in [2.05, 4.69) is 10.6 Å². The summed E-state index contributed by atoms with van der Waals surface area (Å²) in [6.45, 7) is 3.29. The van der Waals surface area contributed by atoms with Gasteiger partial charge in [-0.2, -0.15) is 0 Å². The van der Waals surface area contributed by atoms with Crippen molar-refractivity contribution in [2.75, 3.05) is 11.9 Å². The zero-order valence-corrected chi connectivity index (χ0v) is 11.6. The Bertz CT molecular complexity index is 518. The van der Waals surface area contributed by atoms with E-state index in [1.807, 2.05) is 18.2 Å². The van der Waals surface area contributed by atoms with Gasteiger partial charge in [-0.05, 0) is 26.0 Å². The Morgan fingerprint density at radius 3 is 2.89 bits per heavy atom. The minimum absolute atomic E-state index is 0.129. The van der Waals surface area contributed by atoms with E-state index in [0.29, 0.717) is 0 Å². The van der Waals surface area contributed by atoms with E-state index < -0.39 is 16.8 Å². The molecule has 6 heteroatoms. The highest BCUT2D eigenvalue weighted by Gasteiger charge is 2.45. The molecule has 5 nitrogen and oxygen atoms in total. The maximum Gasteiger partial charge on any atom is 0.250 e. The molecule has 2 amide bonds. The second-order valence-corrected chi connectivity index (χ2v) is 6.11. The molecule has 1 aromatic rings. The van der Waals surface area contributed by atoms with E-state index in [4.69, 9.17) is 0 Å². The van der Waals surface area contributed by atoms with Gasteiger partial charge in [0, 0.05) is 11.4 Å². The lowest BCUT2D eigenvalue weighted by Crippen LogP contribution is -2.53. The number of thioether (sulfide) groups is 1. The molecule has 2 unspecified atom stereocenters. The van der Waals surface area contributed by atoms with Gasteiger partial charge in [-0.15, -0.1) is 0 Å². The zero-order valence-electron chi connectivity index (χ0n) is 10.8. The van der Waals surface area contributed by atoms with Crippen molar-refractivity contribution < 1.29 is 14.7 Å². The van der Waals surface area contributed by atoms with E-state index in [-0.39, 0.29) is 12.5 Å². The largest absolute Gasteiger partial charge is 0.392 e. The second-order valence-electron chi connectivity index (χ2n) is 4.64. The van der Waals surface area contributed by atoms with Gasteiger partial charge in [0.1, 0.15) is 0 Å². The van der Waals surface area contributed by atoms with Gasteiger partial charge in [0.05, 0.1) is 11.8 Å². The van der Waals surface area contributed by atoms with E-state index in [0.717, 1.165) is 10.6 Å². The van der Waals surface area contributed by atoms with Gasteiger partial charge in [-0.25, -0.2) is 0 Å². The van der Waals surface area contributed by atoms with Crippen LogP contribution in [0.3, 0.4) is 0 Å². The molecule has 2 rings (SSSR count). The average molecular weight is 280 g/mol. The molecule has 1 heterocycles. The topological polar surface area (TPSA) is 78.4 Å². The molecule has 1 aliphatic heterocycles. The third kappa shape index (κ3) is 2.74. The lowest BCUT2D eigenvalue weighted by atomic mass is 10.1. The molecule has 0 aromatic heterocycles. The number of carbonyl (C=O) groups excluding carboxylic acids is 2. The number of hydrogen-bond donors (Lipinski definition) is 3. The second kappa shape index (κ2) is 5.22. The van der Waals surface area contributed by atoms with Crippen molar-refractivity contribution in [3.63, 3.8) is 0 Å². The van der Waals surface area contributed by atoms with Crippen molar-refractivity contribution >= 4 is 29.3 Å². The summed E-state index contributed by atoms with van der Waals surface area (Å²) >= 11 is 1.22. The summed E-state index contributed by atoms with van der Waals surface area (Å²) < 4.78 is -1.22. The van der Waals surface area contributed by atoms with E-state index in [1.165, 1.54) is 11.8 Å². The van der Waals surface area contributed by atoms with Crippen LogP contribution >= 0.6 is 11.8 Å². The summed E-state index contributed by atoms with van der Waals surface area (Å²) in [4.78, 5) is 25.1. The fourth-order valence-electron chi connectivity index (χ4n) is 1.73. The Kier molecular flexibility index (Phi) is 3.82. The van der Waals surface area contributed by atoms with Crippen molar-refractivity contribution in [2.45, 2.75) is 29.6 Å². The van der Waals surface area contributed by atoms with E-state index >= 15 is 0 Å². The molecule has 0 aliphatic carbocycles. The lowest BCUT2D eigenvalue weighted by molar-refractivity contribution is -0.130. The quantitative estimate of drug-likeness (QED) is 0.721. The van der Waals surface area contributed by atoms with Gasteiger partial charge in [0.15, 0.2) is 4.75 Å². The first kappa shape index (κ1) is 13.9. The fraction of sp³-hybridized carbons (Fsp3) is 0.385. The number of para-hydroxylation sites is 1. The first-order chi connectivity index (χ1) is 8.93. The van der Waals surface area contributed by atoms with Crippen LogP contribution in [-0.4, -0.2) is 34.3 Å². The van der Waals surface area contributed by atoms with Gasteiger partial charge in [0.25, 0.3) is 0 Å². The highest BCUT2D eigenvalue weighted by atomic mass is 32.2. The lowest BCUT2D eigenvalue weighted by Gasteiger charge is -2.31. The Labute approximate surface area is 115 Å². The monoisotopic (exact) mass is 280 g/mol. The van der Waals surface area contributed by atoms with Crippen LogP contribution in [0.5, 0.6) is 0 Å². The molecule has 0 radical (unpaired) electrons. The predicted molar refractivity (Wildman–Crippen MR) is 74.0 cm³/mol. The van der Waals surface area contributed by atoms with Crippen molar-refractivity contribution in [3.8, 4) is 0 Å². The average Bonchev–Trinajstić information content (AvgIpc) is 2.37. The molecule has 2 atom stereocenters. The molecule has 1 aromatic carbocycles. The minimum atomic E-state index is -1.22. The molecular formula is C13H16N2O3S. The van der Waals surface area contributed by atoms with Crippen LogP contribution in [0.1, 0.15) is 13.8 Å². The summed E-state index contributed by atoms with van der Waals surface area (Å²) in [6.07, 6.45) is -0.642. The summed E-state index contributed by atoms with van der Waals surface area (Å²) in [7, 11) is 0. The Morgan fingerprint density at radius 1 is 1.53 bits per heavy atom. The molecule has 0 bridgehead atoms. The first-order valence-corrected chi connectivity index (χ1v) is 6.81. The molecule has 102 valence electrons. The summed E-state index contributed by atoms with van der Waals surface area (Å²) in [5.74, 6) is -0.746. The van der Waals surface area contributed by atoms with Gasteiger partial charge in [-0.1, -0.05) is 23.9 Å². The molecular weight excluding hydrogens is 264 g/mol. The van der Waals surface area contributed by atoms with Crippen molar-refractivity contribution in [3.05, 3.63) is 24.3 Å². The van der Waals surface area contributed by atoms with Gasteiger partial charge in [-0.3, -0.25) is 9.59 Å². The van der Waals surface area contributed by atoms with E-state index in [1.54, 1.807) is 19.9 Å². The van der Waals surface area contributed by atoms with Gasteiger partial charge < -0.3 is 15.7 Å². The number of rotatable bonds is 3. The van der Waals surface area contributed by atoms with Crippen LogP contribution in [-0.2, 0) is 9.59 Å². The summed E-state index contributed by atoms with van der Waals surface area (Å²) in [6, 6.07) is 7.35. The maximum absolute atomic E-state index is 12.1. The molecule has 19 heavy (non-hydrogen) atoms. The molecule has 0 spiro atoms. The SMILES string of the molecule is CC(O)CNC(=O)C1(C)Sc2ccccc2NC1=O. The fourth-order valence-corrected chi connectivity index (χ4v) is 2.85. The number of hydrogen-bond acceptors (Lipinski definition) is 4. The maximum atomic E-state index is 12.1. The van der Waals surface area contributed by atoms with Crippen LogP contribution in [0.2, 0.25) is 0 Å². The molecule has 1 aliphatic rings. The highest BCUT2D eigenvalue weighted by Crippen LogP contribution is 2.42. The third-order valence-electron chi connectivity index (χ3n) is 2.87. The number of aliphatic hydroxyl groups is 1. The number of carbonyl (C=O) groups is 2. The molecule has 0 fully saturated rings. The molecule has 0 saturated heterocycles. The number of aliphatic hydroxyl groups excluding tert-OH is 1. The third-order valence-corrected chi connectivity index (χ3v) is 4.23. The van der Waals surface area contributed by atoms with Crippen LogP contribution in [0.4, 0.5) is 5.69 Å². The summed E-state index contributed by atoms with van der Waals surface area (Å²) in [5, 5.41) is 14.5. The Morgan fingerprint density at radius 2 is 2.21 bits per heavy atom. The number of benzene rings is 1. The first-order valence-electron chi connectivity index (χ1n) is 5.99. The van der Waals surface area contributed by atoms with Crippen molar-refractivity contribution in [1.29, 1.82) is 0 Å². The Hall–Kier alpha value is -1.53. The Balaban J connectivity index is 2.20. The zero-order chi connectivity index (χ0) is 14.0. The van der Waals surface area contributed by atoms with Crippen LogP contribution in [0.15, 0.2) is 29.2 Å². The van der Waals surface area contributed by atoms with Crippen LogP contribution in [0, 0.1) is 0 Å². The van der Waals surface area contributed by atoms with Crippen molar-refractivity contribution in [1.82, 2.24) is 5.32 Å². The van der Waals surface area contributed by atoms with Crippen LogP contribution in [0.25, 0.3) is 0 Å². The number of nitrogens with one attached hydrogen (secondary N) is 2. The van der Waals surface area contributed by atoms with Gasteiger partial charge >= 0.3 is 0 Å². The predicted octanol–water partition coefficient (Wildman–Crippen LogP) is 0.986. The van der Waals surface area contributed by atoms with E-state index in [9.17, 15) is 14.7 Å². The normalized spacial score (nSPS) is 23.2. The minimum Gasteiger partial charge on any atom is -0.392 e. The van der Waals surface area contributed by atoms with Crippen LogP contribution < -0.4 is 10.6 Å².